The molecule has 2 aliphatic heterocycles. The monoisotopic (exact) mass is 458 g/mol. The predicted octanol–water partition coefficient (Wildman–Crippen LogP) is 2.73. The largest absolute Gasteiger partial charge is 0.507 e. The van der Waals surface area contributed by atoms with E-state index in [4.69, 9.17) is 9.47 Å². The van der Waals surface area contributed by atoms with Crippen molar-refractivity contribution in [3.05, 3.63) is 70.8 Å². The number of morpholine rings is 1. The van der Waals surface area contributed by atoms with Crippen LogP contribution >= 0.6 is 0 Å². The number of ether oxygens (including phenoxy) is 2. The summed E-state index contributed by atoms with van der Waals surface area (Å²) >= 11 is 0. The maximum atomic E-state index is 14.8. The highest BCUT2D eigenvalue weighted by Gasteiger charge is 2.47. The van der Waals surface area contributed by atoms with E-state index in [9.17, 15) is 23.5 Å². The summed E-state index contributed by atoms with van der Waals surface area (Å²) in [7, 11) is 1.33. The molecule has 2 aromatic rings. The highest BCUT2D eigenvalue weighted by Crippen LogP contribution is 2.41. The van der Waals surface area contributed by atoms with Gasteiger partial charge in [0.2, 0.25) is 0 Å². The Kier molecular flexibility index (Phi) is 6.71. The van der Waals surface area contributed by atoms with E-state index in [0.29, 0.717) is 32.8 Å². The van der Waals surface area contributed by atoms with Crippen LogP contribution in [0, 0.1) is 11.6 Å². The molecule has 1 amide bonds. The molecule has 0 unspecified atom stereocenters. The Hall–Kier alpha value is -3.30. The lowest BCUT2D eigenvalue weighted by molar-refractivity contribution is -0.140. The molecular weight excluding hydrogens is 434 g/mol. The summed E-state index contributed by atoms with van der Waals surface area (Å²) in [6.45, 7) is 3.07. The third-order valence-electron chi connectivity index (χ3n) is 5.92. The number of halogens is 2. The van der Waals surface area contributed by atoms with Crippen molar-refractivity contribution in [1.82, 2.24) is 9.80 Å². The minimum absolute atomic E-state index is 0.0654. The molecule has 9 heteroatoms. The van der Waals surface area contributed by atoms with E-state index in [1.807, 2.05) is 0 Å². The third-order valence-corrected chi connectivity index (χ3v) is 5.92. The van der Waals surface area contributed by atoms with Gasteiger partial charge in [0.15, 0.2) is 0 Å². The zero-order valence-corrected chi connectivity index (χ0v) is 18.1. The number of carbonyl (C=O) groups excluding carboxylic acids is 2. The lowest BCUT2D eigenvalue weighted by Crippen LogP contribution is -2.42. The lowest BCUT2D eigenvalue weighted by Gasteiger charge is -2.31. The van der Waals surface area contributed by atoms with Crippen molar-refractivity contribution < 1.29 is 33.0 Å². The zero-order chi connectivity index (χ0) is 23.5. The summed E-state index contributed by atoms with van der Waals surface area (Å²) in [6.07, 6.45) is 0. The second-order valence-corrected chi connectivity index (χ2v) is 7.81. The van der Waals surface area contributed by atoms with Gasteiger partial charge in [-0.25, -0.2) is 8.78 Å². The van der Waals surface area contributed by atoms with Gasteiger partial charge in [0.25, 0.3) is 11.7 Å². The summed E-state index contributed by atoms with van der Waals surface area (Å²) < 4.78 is 39.3. The van der Waals surface area contributed by atoms with Crippen LogP contribution in [-0.2, 0) is 14.3 Å². The molecule has 0 aliphatic carbocycles. The number of amides is 1. The first-order valence-corrected chi connectivity index (χ1v) is 10.6. The topological polar surface area (TPSA) is 79.3 Å². The van der Waals surface area contributed by atoms with Gasteiger partial charge in [-0.3, -0.25) is 14.5 Å². The summed E-state index contributed by atoms with van der Waals surface area (Å²) in [5.41, 5.74) is -0.336. The van der Waals surface area contributed by atoms with Gasteiger partial charge in [-0.15, -0.1) is 0 Å². The van der Waals surface area contributed by atoms with Crippen molar-refractivity contribution in [2.45, 2.75) is 6.04 Å². The minimum atomic E-state index is -1.17. The molecule has 0 spiro atoms. The number of hydrogen-bond donors (Lipinski definition) is 1. The Labute approximate surface area is 189 Å². The van der Waals surface area contributed by atoms with Crippen molar-refractivity contribution in [3.8, 4) is 5.75 Å². The first kappa shape index (κ1) is 22.9. The van der Waals surface area contributed by atoms with Crippen molar-refractivity contribution in [2.24, 2.45) is 0 Å². The van der Waals surface area contributed by atoms with Crippen molar-refractivity contribution in [3.63, 3.8) is 0 Å². The van der Waals surface area contributed by atoms with E-state index in [1.165, 1.54) is 36.3 Å². The average molecular weight is 458 g/mol. The molecule has 174 valence electrons. The smallest absolute Gasteiger partial charge is 0.295 e. The van der Waals surface area contributed by atoms with Crippen LogP contribution in [0.5, 0.6) is 5.75 Å². The van der Waals surface area contributed by atoms with Crippen LogP contribution < -0.4 is 4.74 Å². The number of nitrogens with zero attached hydrogens (tertiary/aromatic N) is 2. The number of aliphatic hydroxyl groups is 1. The van der Waals surface area contributed by atoms with Crippen LogP contribution in [0.2, 0.25) is 0 Å². The van der Waals surface area contributed by atoms with E-state index in [-0.39, 0.29) is 29.0 Å². The maximum absolute atomic E-state index is 14.8. The number of hydrogen-bond acceptors (Lipinski definition) is 6. The SMILES string of the molecule is COc1ccc(F)cc1C(O)=C1C(=O)C(=O)N(CCN2CCOCC2)[C@@H]1c1ccccc1F. The molecule has 2 aromatic carbocycles. The summed E-state index contributed by atoms with van der Waals surface area (Å²) in [5.74, 6) is -3.62. The Balaban J connectivity index is 1.80. The molecule has 2 aliphatic rings. The van der Waals surface area contributed by atoms with Gasteiger partial charge in [0.05, 0.1) is 37.5 Å². The van der Waals surface area contributed by atoms with Crippen LogP contribution in [0.1, 0.15) is 17.2 Å². The molecular formula is C24H24F2N2O5. The van der Waals surface area contributed by atoms with E-state index < -0.39 is 35.1 Å². The van der Waals surface area contributed by atoms with Crippen LogP contribution in [-0.4, -0.2) is 73.1 Å². The summed E-state index contributed by atoms with van der Waals surface area (Å²) in [5, 5.41) is 11.1. The van der Waals surface area contributed by atoms with Crippen molar-refractivity contribution in [2.75, 3.05) is 46.5 Å². The van der Waals surface area contributed by atoms with Gasteiger partial charge < -0.3 is 19.5 Å². The number of likely N-dealkylation sites (tertiary alicyclic amines) is 1. The van der Waals surface area contributed by atoms with Gasteiger partial charge >= 0.3 is 0 Å². The Morgan fingerprint density at radius 1 is 1.12 bits per heavy atom. The number of rotatable bonds is 6. The first-order valence-electron chi connectivity index (χ1n) is 10.6. The minimum Gasteiger partial charge on any atom is -0.507 e. The third kappa shape index (κ3) is 4.46. The van der Waals surface area contributed by atoms with Crippen molar-refractivity contribution >= 4 is 17.4 Å². The quantitative estimate of drug-likeness (QED) is 0.408. The van der Waals surface area contributed by atoms with E-state index in [2.05, 4.69) is 4.90 Å². The second kappa shape index (κ2) is 9.68. The second-order valence-electron chi connectivity index (χ2n) is 7.81. The fourth-order valence-corrected chi connectivity index (χ4v) is 4.22. The number of ketones is 1. The summed E-state index contributed by atoms with van der Waals surface area (Å²) in [4.78, 5) is 29.4. The molecule has 0 bridgehead atoms. The van der Waals surface area contributed by atoms with Gasteiger partial charge in [0, 0.05) is 31.7 Å². The van der Waals surface area contributed by atoms with E-state index in [0.717, 1.165) is 12.1 Å². The van der Waals surface area contributed by atoms with Crippen LogP contribution in [0.25, 0.3) is 5.76 Å². The van der Waals surface area contributed by atoms with Gasteiger partial charge in [-0.2, -0.15) is 0 Å². The molecule has 4 rings (SSSR count). The molecule has 0 aromatic heterocycles. The van der Waals surface area contributed by atoms with Gasteiger partial charge in [0.1, 0.15) is 23.1 Å². The molecule has 2 fully saturated rings. The molecule has 0 saturated carbocycles. The number of Topliss-reactive ketones (excluding diaryl/α,β-unsaturated/α-hetero) is 1. The Morgan fingerprint density at radius 3 is 2.55 bits per heavy atom. The lowest BCUT2D eigenvalue weighted by atomic mass is 9.94. The maximum Gasteiger partial charge on any atom is 0.295 e. The highest BCUT2D eigenvalue weighted by atomic mass is 19.1. The first-order chi connectivity index (χ1) is 15.9. The normalized spacial score (nSPS) is 20.9. The van der Waals surface area contributed by atoms with E-state index in [1.54, 1.807) is 6.07 Å². The zero-order valence-electron chi connectivity index (χ0n) is 18.1. The van der Waals surface area contributed by atoms with Crippen LogP contribution in [0.3, 0.4) is 0 Å². The molecule has 7 nitrogen and oxygen atoms in total. The molecule has 1 atom stereocenters. The number of benzene rings is 2. The molecule has 2 saturated heterocycles. The predicted molar refractivity (Wildman–Crippen MR) is 116 cm³/mol. The average Bonchev–Trinajstić information content (AvgIpc) is 3.08. The van der Waals surface area contributed by atoms with Crippen molar-refractivity contribution in [1.29, 1.82) is 0 Å². The fraction of sp³-hybridized carbons (Fsp3) is 0.333. The standard InChI is InChI=1S/C24H24F2N2O5/c1-32-19-7-6-15(25)14-17(19)22(29)20-21(16-4-2-3-5-18(16)26)28(24(31)23(20)30)9-8-27-10-12-33-13-11-27/h2-7,14,21,29H,8-13H2,1H3/t21-/m1/s1. The molecule has 0 radical (unpaired) electrons. The molecule has 33 heavy (non-hydrogen) atoms. The Bertz CT molecular complexity index is 1100. The highest BCUT2D eigenvalue weighted by molar-refractivity contribution is 6.46. The number of methoxy groups -OCH3 is 1. The summed E-state index contributed by atoms with van der Waals surface area (Å²) in [6, 6.07) is 8.05. The number of aliphatic hydroxyl groups excluding tert-OH is 1. The van der Waals surface area contributed by atoms with Crippen LogP contribution in [0.4, 0.5) is 8.78 Å². The van der Waals surface area contributed by atoms with Gasteiger partial charge in [-0.1, -0.05) is 18.2 Å². The Morgan fingerprint density at radius 2 is 1.85 bits per heavy atom. The van der Waals surface area contributed by atoms with Gasteiger partial charge in [-0.05, 0) is 24.3 Å². The molecule has 1 N–H and O–H groups in total. The number of carbonyl (C=O) groups is 2. The molecule has 2 heterocycles. The van der Waals surface area contributed by atoms with Crippen LogP contribution in [0.15, 0.2) is 48.0 Å². The van der Waals surface area contributed by atoms with E-state index >= 15 is 0 Å². The fourth-order valence-electron chi connectivity index (χ4n) is 4.22.